The van der Waals surface area contributed by atoms with Gasteiger partial charge in [0, 0.05) is 24.2 Å². The molecule has 1 aromatic carbocycles. The van der Waals surface area contributed by atoms with Crippen molar-refractivity contribution in [3.63, 3.8) is 0 Å². The monoisotopic (exact) mass is 254 g/mol. The molecule has 2 nitrogen and oxygen atoms in total. The molecule has 0 amide bonds. The highest BCUT2D eigenvalue weighted by Gasteiger charge is 2.33. The molecule has 19 heavy (non-hydrogen) atoms. The quantitative estimate of drug-likeness (QED) is 0.898. The maximum absolute atomic E-state index is 4.52. The van der Waals surface area contributed by atoms with Gasteiger partial charge in [0.15, 0.2) is 0 Å². The first-order chi connectivity index (χ1) is 9.17. The van der Waals surface area contributed by atoms with Crippen molar-refractivity contribution in [1.29, 1.82) is 0 Å². The van der Waals surface area contributed by atoms with Crippen molar-refractivity contribution >= 4 is 10.9 Å². The lowest BCUT2D eigenvalue weighted by atomic mass is 9.87. The van der Waals surface area contributed by atoms with Crippen LogP contribution in [0.5, 0.6) is 0 Å². The van der Waals surface area contributed by atoms with E-state index >= 15 is 0 Å². The van der Waals surface area contributed by atoms with E-state index in [0.29, 0.717) is 11.5 Å². The standard InChI is InChI=1S/C17H22N2/c1-17(2)10-4-9-15(17)19-12-14-7-3-6-13-8-5-11-18-16(13)14/h3,5-8,11,15,19H,4,9-10,12H2,1-2H3. The van der Waals surface area contributed by atoms with Crippen LogP contribution in [0.1, 0.15) is 38.7 Å². The van der Waals surface area contributed by atoms with Gasteiger partial charge in [0.05, 0.1) is 5.52 Å². The molecule has 1 aliphatic carbocycles. The number of hydrogen-bond donors (Lipinski definition) is 1. The molecule has 1 saturated carbocycles. The first-order valence-corrected chi connectivity index (χ1v) is 7.23. The molecule has 1 fully saturated rings. The molecule has 2 aromatic rings. The summed E-state index contributed by atoms with van der Waals surface area (Å²) in [4.78, 5) is 4.52. The summed E-state index contributed by atoms with van der Waals surface area (Å²) < 4.78 is 0. The van der Waals surface area contributed by atoms with Gasteiger partial charge < -0.3 is 5.32 Å². The van der Waals surface area contributed by atoms with Crippen molar-refractivity contribution in [3.8, 4) is 0 Å². The molecule has 0 bridgehead atoms. The van der Waals surface area contributed by atoms with Gasteiger partial charge in [-0.25, -0.2) is 0 Å². The van der Waals surface area contributed by atoms with Crippen LogP contribution in [0.25, 0.3) is 10.9 Å². The van der Waals surface area contributed by atoms with E-state index < -0.39 is 0 Å². The predicted octanol–water partition coefficient (Wildman–Crippen LogP) is 3.90. The average Bonchev–Trinajstić information content (AvgIpc) is 2.75. The number of nitrogens with one attached hydrogen (secondary N) is 1. The third kappa shape index (κ3) is 2.50. The highest BCUT2D eigenvalue weighted by atomic mass is 14.9. The van der Waals surface area contributed by atoms with Crippen LogP contribution >= 0.6 is 0 Å². The van der Waals surface area contributed by atoms with Crippen molar-refractivity contribution in [2.24, 2.45) is 5.41 Å². The van der Waals surface area contributed by atoms with E-state index in [1.807, 2.05) is 12.3 Å². The van der Waals surface area contributed by atoms with Crippen molar-refractivity contribution in [3.05, 3.63) is 42.1 Å². The van der Waals surface area contributed by atoms with Crippen LogP contribution in [0.2, 0.25) is 0 Å². The highest BCUT2D eigenvalue weighted by Crippen LogP contribution is 2.37. The molecule has 1 N–H and O–H groups in total. The van der Waals surface area contributed by atoms with Gasteiger partial charge in [-0.3, -0.25) is 4.98 Å². The van der Waals surface area contributed by atoms with Gasteiger partial charge in [-0.05, 0) is 29.9 Å². The summed E-state index contributed by atoms with van der Waals surface area (Å²) >= 11 is 0. The summed E-state index contributed by atoms with van der Waals surface area (Å²) in [7, 11) is 0. The van der Waals surface area contributed by atoms with Gasteiger partial charge in [-0.15, -0.1) is 0 Å². The van der Waals surface area contributed by atoms with Gasteiger partial charge in [0.2, 0.25) is 0 Å². The molecular weight excluding hydrogens is 232 g/mol. The SMILES string of the molecule is CC1(C)CCCC1NCc1cccc2cccnc12. The zero-order chi connectivity index (χ0) is 13.3. The molecule has 0 aliphatic heterocycles. The van der Waals surface area contributed by atoms with Crippen LogP contribution in [0, 0.1) is 5.41 Å². The fraction of sp³-hybridized carbons (Fsp3) is 0.471. The third-order valence-corrected chi connectivity index (χ3v) is 4.51. The van der Waals surface area contributed by atoms with Crippen molar-refractivity contribution in [2.75, 3.05) is 0 Å². The maximum atomic E-state index is 4.52. The summed E-state index contributed by atoms with van der Waals surface area (Å²) in [6, 6.07) is 11.2. The zero-order valence-electron chi connectivity index (χ0n) is 11.8. The molecular formula is C17H22N2. The molecule has 0 spiro atoms. The van der Waals surface area contributed by atoms with Crippen LogP contribution in [0.15, 0.2) is 36.5 Å². The van der Waals surface area contributed by atoms with Crippen molar-refractivity contribution in [2.45, 2.75) is 45.7 Å². The number of para-hydroxylation sites is 1. The number of hydrogen-bond acceptors (Lipinski definition) is 2. The van der Waals surface area contributed by atoms with Crippen LogP contribution in [-0.4, -0.2) is 11.0 Å². The van der Waals surface area contributed by atoms with Gasteiger partial charge in [0.1, 0.15) is 0 Å². The highest BCUT2D eigenvalue weighted by molar-refractivity contribution is 5.81. The van der Waals surface area contributed by atoms with Gasteiger partial charge in [-0.1, -0.05) is 44.5 Å². The van der Waals surface area contributed by atoms with E-state index in [0.717, 1.165) is 12.1 Å². The second-order valence-electron chi connectivity index (χ2n) is 6.31. The van der Waals surface area contributed by atoms with Gasteiger partial charge >= 0.3 is 0 Å². The van der Waals surface area contributed by atoms with Crippen LogP contribution in [-0.2, 0) is 6.54 Å². The Hall–Kier alpha value is -1.41. The molecule has 1 atom stereocenters. The number of nitrogens with zero attached hydrogens (tertiary/aromatic N) is 1. The summed E-state index contributed by atoms with van der Waals surface area (Å²) in [5.41, 5.74) is 2.87. The molecule has 100 valence electrons. The lowest BCUT2D eigenvalue weighted by molar-refractivity contribution is 0.283. The predicted molar refractivity (Wildman–Crippen MR) is 80.0 cm³/mol. The maximum Gasteiger partial charge on any atom is 0.0746 e. The molecule has 2 heteroatoms. The Morgan fingerprint density at radius 1 is 1.26 bits per heavy atom. The first-order valence-electron chi connectivity index (χ1n) is 7.23. The van der Waals surface area contributed by atoms with Crippen molar-refractivity contribution < 1.29 is 0 Å². The third-order valence-electron chi connectivity index (χ3n) is 4.51. The molecule has 0 radical (unpaired) electrons. The van der Waals surface area contributed by atoms with Crippen molar-refractivity contribution in [1.82, 2.24) is 10.3 Å². The average molecular weight is 254 g/mol. The molecule has 1 heterocycles. The fourth-order valence-electron chi connectivity index (χ4n) is 3.25. The van der Waals surface area contributed by atoms with Crippen LogP contribution in [0.4, 0.5) is 0 Å². The van der Waals surface area contributed by atoms with E-state index in [2.05, 4.69) is 48.4 Å². The number of fused-ring (bicyclic) bond motifs is 1. The Kier molecular flexibility index (Phi) is 3.28. The number of pyridine rings is 1. The summed E-state index contributed by atoms with van der Waals surface area (Å²) in [6.07, 6.45) is 5.85. The second-order valence-corrected chi connectivity index (χ2v) is 6.31. The van der Waals surface area contributed by atoms with Gasteiger partial charge in [0.25, 0.3) is 0 Å². The summed E-state index contributed by atoms with van der Waals surface area (Å²) in [5.74, 6) is 0. The van der Waals surface area contributed by atoms with E-state index in [4.69, 9.17) is 0 Å². The number of benzene rings is 1. The minimum Gasteiger partial charge on any atom is -0.309 e. The minimum atomic E-state index is 0.429. The van der Waals surface area contributed by atoms with Gasteiger partial charge in [-0.2, -0.15) is 0 Å². The molecule has 1 unspecified atom stereocenters. The van der Waals surface area contributed by atoms with E-state index in [-0.39, 0.29) is 0 Å². The Morgan fingerprint density at radius 3 is 2.89 bits per heavy atom. The van der Waals surface area contributed by atoms with Crippen LogP contribution in [0.3, 0.4) is 0 Å². The number of aromatic nitrogens is 1. The summed E-state index contributed by atoms with van der Waals surface area (Å²) in [6.45, 7) is 5.67. The zero-order valence-corrected chi connectivity index (χ0v) is 11.8. The molecule has 1 aromatic heterocycles. The fourth-order valence-corrected chi connectivity index (χ4v) is 3.25. The molecule has 0 saturated heterocycles. The largest absolute Gasteiger partial charge is 0.309 e. The Labute approximate surface area is 115 Å². The first kappa shape index (κ1) is 12.6. The topological polar surface area (TPSA) is 24.9 Å². The second kappa shape index (κ2) is 4.93. The lowest BCUT2D eigenvalue weighted by Crippen LogP contribution is -2.37. The van der Waals surface area contributed by atoms with E-state index in [1.165, 1.54) is 30.2 Å². The Balaban J connectivity index is 1.79. The Morgan fingerprint density at radius 2 is 2.11 bits per heavy atom. The Bertz CT molecular complexity index is 569. The number of rotatable bonds is 3. The van der Waals surface area contributed by atoms with Crippen LogP contribution < -0.4 is 5.32 Å². The summed E-state index contributed by atoms with van der Waals surface area (Å²) in [5, 5.41) is 4.97. The molecule has 1 aliphatic rings. The molecule has 3 rings (SSSR count). The van der Waals surface area contributed by atoms with E-state index in [1.54, 1.807) is 0 Å². The smallest absolute Gasteiger partial charge is 0.0746 e. The van der Waals surface area contributed by atoms with E-state index in [9.17, 15) is 0 Å². The lowest BCUT2D eigenvalue weighted by Gasteiger charge is -2.28. The normalized spacial score (nSPS) is 21.9. The minimum absolute atomic E-state index is 0.429.